The number of amides is 1. The molecule has 19 heavy (non-hydrogen) atoms. The molecule has 0 fully saturated rings. The van der Waals surface area contributed by atoms with Crippen LogP contribution in [0.2, 0.25) is 5.02 Å². The lowest BCUT2D eigenvalue weighted by Crippen LogP contribution is -2.26. The topological polar surface area (TPSA) is 46.9 Å². The van der Waals surface area contributed by atoms with Crippen LogP contribution in [0.3, 0.4) is 0 Å². The fourth-order valence-electron chi connectivity index (χ4n) is 1.89. The summed E-state index contributed by atoms with van der Waals surface area (Å²) < 4.78 is 1.64. The van der Waals surface area contributed by atoms with Crippen LogP contribution in [-0.2, 0) is 13.5 Å². The van der Waals surface area contributed by atoms with Crippen LogP contribution in [0, 0.1) is 6.92 Å². The minimum atomic E-state index is -0.132. The first-order valence-corrected chi connectivity index (χ1v) is 6.47. The van der Waals surface area contributed by atoms with Gasteiger partial charge in [-0.3, -0.25) is 9.48 Å². The molecule has 1 heterocycles. The number of carbonyl (C=O) groups excluding carboxylic acids is 1. The number of hydrogen-bond donors (Lipinski definition) is 1. The molecule has 0 bridgehead atoms. The van der Waals surface area contributed by atoms with Gasteiger partial charge in [-0.2, -0.15) is 5.10 Å². The largest absolute Gasteiger partial charge is 0.350 e. The number of nitrogens with one attached hydrogen (secondary N) is 1. The van der Waals surface area contributed by atoms with Gasteiger partial charge in [0.2, 0.25) is 0 Å². The number of hydrogen-bond acceptors (Lipinski definition) is 2. The molecule has 0 saturated carbocycles. The lowest BCUT2D eigenvalue weighted by molar-refractivity contribution is 0.0948. The number of rotatable bonds is 4. The monoisotopic (exact) mass is 277 g/mol. The van der Waals surface area contributed by atoms with Crippen LogP contribution in [0.1, 0.15) is 21.6 Å². The highest BCUT2D eigenvalue weighted by molar-refractivity contribution is 6.30. The molecule has 1 aromatic heterocycles. The van der Waals surface area contributed by atoms with Crippen LogP contribution in [0.15, 0.2) is 30.5 Å². The second-order valence-electron chi connectivity index (χ2n) is 4.47. The summed E-state index contributed by atoms with van der Waals surface area (Å²) in [6.45, 7) is 2.46. The van der Waals surface area contributed by atoms with Crippen molar-refractivity contribution in [3.8, 4) is 0 Å². The zero-order valence-corrected chi connectivity index (χ0v) is 11.7. The standard InChI is InChI=1S/C14H16ClN3O/c1-10-9-18(2)17-13(10)14(19)16-8-7-11-3-5-12(15)6-4-11/h3-6,9H,7-8H2,1-2H3,(H,16,19). The van der Waals surface area contributed by atoms with E-state index in [1.807, 2.05) is 37.4 Å². The summed E-state index contributed by atoms with van der Waals surface area (Å²) >= 11 is 5.82. The van der Waals surface area contributed by atoms with Crippen LogP contribution in [-0.4, -0.2) is 22.2 Å². The van der Waals surface area contributed by atoms with Crippen LogP contribution in [0.5, 0.6) is 0 Å². The molecule has 0 spiro atoms. The predicted octanol–water partition coefficient (Wildman–Crippen LogP) is 2.35. The van der Waals surface area contributed by atoms with Crippen LogP contribution in [0.25, 0.3) is 0 Å². The predicted molar refractivity (Wildman–Crippen MR) is 75.4 cm³/mol. The van der Waals surface area contributed by atoms with Crippen molar-refractivity contribution < 1.29 is 4.79 Å². The SMILES string of the molecule is Cc1cn(C)nc1C(=O)NCCc1ccc(Cl)cc1. The zero-order valence-electron chi connectivity index (χ0n) is 11.0. The fraction of sp³-hybridized carbons (Fsp3) is 0.286. The third kappa shape index (κ3) is 3.58. The molecule has 0 radical (unpaired) electrons. The number of aryl methyl sites for hydroxylation is 2. The second kappa shape index (κ2) is 5.89. The maximum absolute atomic E-state index is 11.9. The smallest absolute Gasteiger partial charge is 0.272 e. The lowest BCUT2D eigenvalue weighted by atomic mass is 10.1. The Kier molecular flexibility index (Phi) is 4.22. The van der Waals surface area contributed by atoms with Gasteiger partial charge < -0.3 is 5.32 Å². The Morgan fingerprint density at radius 3 is 2.63 bits per heavy atom. The Morgan fingerprint density at radius 2 is 2.05 bits per heavy atom. The van der Waals surface area contributed by atoms with Gasteiger partial charge in [0.05, 0.1) is 0 Å². The summed E-state index contributed by atoms with van der Waals surface area (Å²) in [5.41, 5.74) is 2.51. The minimum Gasteiger partial charge on any atom is -0.350 e. The third-order valence-electron chi connectivity index (χ3n) is 2.84. The molecule has 100 valence electrons. The van der Waals surface area contributed by atoms with E-state index in [1.165, 1.54) is 0 Å². The highest BCUT2D eigenvalue weighted by Crippen LogP contribution is 2.09. The molecule has 5 heteroatoms. The van der Waals surface area contributed by atoms with Crippen molar-refractivity contribution in [2.24, 2.45) is 7.05 Å². The number of halogens is 1. The van der Waals surface area contributed by atoms with Gasteiger partial charge in [-0.25, -0.2) is 0 Å². The van der Waals surface area contributed by atoms with Crippen LogP contribution >= 0.6 is 11.6 Å². The average Bonchev–Trinajstić information content (AvgIpc) is 2.71. The Hall–Kier alpha value is -1.81. The quantitative estimate of drug-likeness (QED) is 0.932. The van der Waals surface area contributed by atoms with E-state index >= 15 is 0 Å². The summed E-state index contributed by atoms with van der Waals surface area (Å²) in [5.74, 6) is -0.132. The summed E-state index contributed by atoms with van der Waals surface area (Å²) in [6.07, 6.45) is 2.60. The number of nitrogens with zero attached hydrogens (tertiary/aromatic N) is 2. The van der Waals surface area contributed by atoms with E-state index in [0.717, 1.165) is 22.6 Å². The summed E-state index contributed by atoms with van der Waals surface area (Å²) in [4.78, 5) is 11.9. The van der Waals surface area contributed by atoms with Crippen LogP contribution < -0.4 is 5.32 Å². The molecule has 0 unspecified atom stereocenters. The number of aromatic nitrogens is 2. The Labute approximate surface area is 117 Å². The van der Waals surface area contributed by atoms with Crippen molar-refractivity contribution in [3.05, 3.63) is 52.3 Å². The van der Waals surface area contributed by atoms with E-state index < -0.39 is 0 Å². The van der Waals surface area contributed by atoms with E-state index in [2.05, 4.69) is 10.4 Å². The van der Waals surface area contributed by atoms with Gasteiger partial charge in [-0.15, -0.1) is 0 Å². The fourth-order valence-corrected chi connectivity index (χ4v) is 2.01. The van der Waals surface area contributed by atoms with Crippen LogP contribution in [0.4, 0.5) is 0 Å². The van der Waals surface area contributed by atoms with Crippen molar-refractivity contribution in [2.45, 2.75) is 13.3 Å². The first-order valence-electron chi connectivity index (χ1n) is 6.09. The van der Waals surface area contributed by atoms with Crippen molar-refractivity contribution in [3.63, 3.8) is 0 Å². The van der Waals surface area contributed by atoms with Gasteiger partial charge in [0, 0.05) is 30.4 Å². The highest BCUT2D eigenvalue weighted by Gasteiger charge is 2.12. The van der Waals surface area contributed by atoms with E-state index in [4.69, 9.17) is 11.6 Å². The van der Waals surface area contributed by atoms with E-state index in [-0.39, 0.29) is 5.91 Å². The first kappa shape index (κ1) is 13.6. The first-order chi connectivity index (χ1) is 9.06. The second-order valence-corrected chi connectivity index (χ2v) is 4.90. The van der Waals surface area contributed by atoms with Crippen molar-refractivity contribution in [1.29, 1.82) is 0 Å². The maximum Gasteiger partial charge on any atom is 0.272 e. The minimum absolute atomic E-state index is 0.132. The van der Waals surface area contributed by atoms with Gasteiger partial charge in [-0.05, 0) is 31.0 Å². The summed E-state index contributed by atoms with van der Waals surface area (Å²) in [5, 5.41) is 7.72. The van der Waals surface area contributed by atoms with E-state index in [0.29, 0.717) is 12.2 Å². The molecular formula is C14H16ClN3O. The molecular weight excluding hydrogens is 262 g/mol. The Balaban J connectivity index is 1.87. The molecule has 0 aliphatic rings. The maximum atomic E-state index is 11.9. The third-order valence-corrected chi connectivity index (χ3v) is 3.09. The Morgan fingerprint density at radius 1 is 1.37 bits per heavy atom. The lowest BCUT2D eigenvalue weighted by Gasteiger charge is -2.04. The van der Waals surface area contributed by atoms with Gasteiger partial charge >= 0.3 is 0 Å². The molecule has 0 aliphatic carbocycles. The van der Waals surface area contributed by atoms with E-state index in [9.17, 15) is 4.79 Å². The molecule has 0 aliphatic heterocycles. The molecule has 1 aromatic carbocycles. The van der Waals surface area contributed by atoms with Gasteiger partial charge in [0.25, 0.3) is 5.91 Å². The van der Waals surface area contributed by atoms with Crippen molar-refractivity contribution in [1.82, 2.24) is 15.1 Å². The van der Waals surface area contributed by atoms with E-state index in [1.54, 1.807) is 11.7 Å². The van der Waals surface area contributed by atoms with Gasteiger partial charge in [-0.1, -0.05) is 23.7 Å². The Bertz CT molecular complexity index is 575. The van der Waals surface area contributed by atoms with Gasteiger partial charge in [0.1, 0.15) is 0 Å². The molecule has 1 N–H and O–H groups in total. The molecule has 4 nitrogen and oxygen atoms in total. The highest BCUT2D eigenvalue weighted by atomic mass is 35.5. The molecule has 0 saturated heterocycles. The normalized spacial score (nSPS) is 10.5. The zero-order chi connectivity index (χ0) is 13.8. The van der Waals surface area contributed by atoms with Crippen molar-refractivity contribution >= 4 is 17.5 Å². The average molecular weight is 278 g/mol. The molecule has 2 aromatic rings. The molecule has 2 rings (SSSR count). The molecule has 1 amide bonds. The summed E-state index contributed by atoms with van der Waals surface area (Å²) in [7, 11) is 1.80. The summed E-state index contributed by atoms with van der Waals surface area (Å²) in [6, 6.07) is 7.62. The molecule has 0 atom stereocenters. The number of carbonyl (C=O) groups is 1. The number of benzene rings is 1. The van der Waals surface area contributed by atoms with Gasteiger partial charge in [0.15, 0.2) is 5.69 Å². The van der Waals surface area contributed by atoms with Crippen molar-refractivity contribution in [2.75, 3.05) is 6.54 Å².